The maximum Gasteiger partial charge on any atom is 0.322 e. The molecule has 1 atom stereocenters. The van der Waals surface area contributed by atoms with E-state index in [4.69, 9.17) is 5.11 Å². The van der Waals surface area contributed by atoms with Gasteiger partial charge < -0.3 is 15.3 Å². The fourth-order valence-corrected chi connectivity index (χ4v) is 3.11. The average Bonchev–Trinajstić information content (AvgIpc) is 2.42. The Bertz CT molecular complexity index is 548. The van der Waals surface area contributed by atoms with E-state index in [-0.39, 0.29) is 18.5 Å². The molecule has 1 aromatic carbocycles. The summed E-state index contributed by atoms with van der Waals surface area (Å²) < 4.78 is 0.958. The van der Waals surface area contributed by atoms with Gasteiger partial charge in [-0.3, -0.25) is 4.79 Å². The third kappa shape index (κ3) is 4.20. The fraction of sp³-hybridized carbons (Fsp3) is 0.467. The number of carboxylic acid groups (broad SMARTS) is 1. The molecule has 0 spiro atoms. The van der Waals surface area contributed by atoms with Gasteiger partial charge in [-0.15, -0.1) is 0 Å². The normalized spacial score (nSPS) is 18.4. The van der Waals surface area contributed by atoms with Crippen molar-refractivity contribution in [1.29, 1.82) is 0 Å². The minimum absolute atomic E-state index is 0.00669. The number of rotatable bonds is 3. The molecule has 0 aliphatic carbocycles. The van der Waals surface area contributed by atoms with E-state index in [0.717, 1.165) is 35.0 Å². The van der Waals surface area contributed by atoms with Crippen LogP contribution in [0.15, 0.2) is 22.7 Å². The van der Waals surface area contributed by atoms with Crippen molar-refractivity contribution in [2.75, 3.05) is 11.9 Å². The van der Waals surface area contributed by atoms with Gasteiger partial charge in [-0.05, 0) is 49.9 Å². The lowest BCUT2D eigenvalue weighted by Crippen LogP contribution is -2.46. The largest absolute Gasteiger partial charge is 0.481 e. The number of likely N-dealkylation sites (tertiary alicyclic amines) is 1. The number of halogens is 1. The first kappa shape index (κ1) is 15.8. The predicted molar refractivity (Wildman–Crippen MR) is 84.5 cm³/mol. The number of aliphatic carboxylic acids is 1. The van der Waals surface area contributed by atoms with Crippen LogP contribution in [0.2, 0.25) is 0 Å². The molecule has 2 N–H and O–H groups in total. The number of carboxylic acids is 1. The van der Waals surface area contributed by atoms with E-state index in [1.165, 1.54) is 0 Å². The first-order valence-electron chi connectivity index (χ1n) is 7.03. The third-order valence-corrected chi connectivity index (χ3v) is 4.22. The van der Waals surface area contributed by atoms with Gasteiger partial charge in [0.15, 0.2) is 0 Å². The van der Waals surface area contributed by atoms with Crippen molar-refractivity contribution >= 4 is 33.6 Å². The third-order valence-electron chi connectivity index (χ3n) is 3.73. The van der Waals surface area contributed by atoms with E-state index in [1.807, 2.05) is 25.1 Å². The highest BCUT2D eigenvalue weighted by Crippen LogP contribution is 2.23. The van der Waals surface area contributed by atoms with E-state index < -0.39 is 5.97 Å². The Morgan fingerprint density at radius 1 is 1.43 bits per heavy atom. The standard InChI is InChI=1S/C15H19BrN2O3/c1-10-8-11(16)5-6-13(10)17-15(21)18-7-3-2-4-12(18)9-14(19)20/h5-6,8,12H,2-4,7,9H2,1H3,(H,17,21)(H,19,20). The van der Waals surface area contributed by atoms with Crippen LogP contribution in [0.1, 0.15) is 31.2 Å². The van der Waals surface area contributed by atoms with Gasteiger partial charge in [-0.1, -0.05) is 15.9 Å². The van der Waals surface area contributed by atoms with E-state index >= 15 is 0 Å². The second kappa shape index (κ2) is 6.93. The number of benzene rings is 1. The van der Waals surface area contributed by atoms with Gasteiger partial charge in [0.25, 0.3) is 0 Å². The molecule has 1 aromatic rings. The zero-order valence-corrected chi connectivity index (χ0v) is 13.5. The zero-order valence-electron chi connectivity index (χ0n) is 11.9. The van der Waals surface area contributed by atoms with Gasteiger partial charge in [0.1, 0.15) is 0 Å². The van der Waals surface area contributed by atoms with E-state index in [2.05, 4.69) is 21.2 Å². The molecule has 5 nitrogen and oxygen atoms in total. The predicted octanol–water partition coefficient (Wildman–Crippen LogP) is 3.62. The SMILES string of the molecule is Cc1cc(Br)ccc1NC(=O)N1CCCCC1CC(=O)O. The molecule has 1 heterocycles. The number of piperidine rings is 1. The molecule has 0 saturated carbocycles. The van der Waals surface area contributed by atoms with E-state index in [9.17, 15) is 9.59 Å². The minimum atomic E-state index is -0.862. The minimum Gasteiger partial charge on any atom is -0.481 e. The number of hydrogen-bond acceptors (Lipinski definition) is 2. The van der Waals surface area contributed by atoms with Crippen LogP contribution in [0.4, 0.5) is 10.5 Å². The molecule has 0 radical (unpaired) electrons. The topological polar surface area (TPSA) is 69.6 Å². The lowest BCUT2D eigenvalue weighted by atomic mass is 10.00. The number of nitrogens with one attached hydrogen (secondary N) is 1. The Kier molecular flexibility index (Phi) is 5.22. The van der Waals surface area contributed by atoms with E-state index in [1.54, 1.807) is 4.90 Å². The summed E-state index contributed by atoms with van der Waals surface area (Å²) >= 11 is 3.39. The number of nitrogens with zero attached hydrogens (tertiary/aromatic N) is 1. The zero-order chi connectivity index (χ0) is 15.4. The lowest BCUT2D eigenvalue weighted by molar-refractivity contribution is -0.138. The second-order valence-electron chi connectivity index (χ2n) is 5.33. The van der Waals surface area contributed by atoms with Crippen LogP contribution in [0.3, 0.4) is 0 Å². The van der Waals surface area contributed by atoms with Crippen molar-refractivity contribution in [2.24, 2.45) is 0 Å². The van der Waals surface area contributed by atoms with Crippen molar-refractivity contribution in [3.05, 3.63) is 28.2 Å². The smallest absolute Gasteiger partial charge is 0.322 e. The van der Waals surface area contributed by atoms with Gasteiger partial charge in [-0.2, -0.15) is 0 Å². The molecule has 1 unspecified atom stereocenters. The first-order chi connectivity index (χ1) is 9.97. The maximum absolute atomic E-state index is 12.4. The van der Waals surface area contributed by atoms with Gasteiger partial charge in [0.2, 0.25) is 0 Å². The van der Waals surface area contributed by atoms with Gasteiger partial charge in [0, 0.05) is 22.7 Å². The van der Waals surface area contributed by atoms with Crippen molar-refractivity contribution < 1.29 is 14.7 Å². The van der Waals surface area contributed by atoms with Crippen LogP contribution in [0, 0.1) is 6.92 Å². The van der Waals surface area contributed by atoms with Gasteiger partial charge in [0.05, 0.1) is 6.42 Å². The van der Waals surface area contributed by atoms with Gasteiger partial charge in [-0.25, -0.2) is 4.79 Å². The van der Waals surface area contributed by atoms with Crippen LogP contribution in [-0.2, 0) is 4.79 Å². The number of urea groups is 1. The Hall–Kier alpha value is -1.56. The monoisotopic (exact) mass is 354 g/mol. The Morgan fingerprint density at radius 3 is 2.86 bits per heavy atom. The summed E-state index contributed by atoms with van der Waals surface area (Å²) in [4.78, 5) is 25.0. The number of amides is 2. The Labute approximate surface area is 132 Å². The summed E-state index contributed by atoms with van der Waals surface area (Å²) in [5, 5.41) is 11.8. The van der Waals surface area contributed by atoms with Crippen LogP contribution in [-0.4, -0.2) is 34.6 Å². The Balaban J connectivity index is 2.08. The van der Waals surface area contributed by atoms with Crippen LogP contribution in [0.5, 0.6) is 0 Å². The number of anilines is 1. The fourth-order valence-electron chi connectivity index (χ4n) is 2.64. The average molecular weight is 355 g/mol. The maximum atomic E-state index is 12.4. The molecular weight excluding hydrogens is 336 g/mol. The highest BCUT2D eigenvalue weighted by atomic mass is 79.9. The highest BCUT2D eigenvalue weighted by Gasteiger charge is 2.28. The number of carbonyl (C=O) groups excluding carboxylic acids is 1. The van der Waals surface area contributed by atoms with Crippen molar-refractivity contribution in [2.45, 2.75) is 38.6 Å². The molecular formula is C15H19BrN2O3. The summed E-state index contributed by atoms with van der Waals surface area (Å²) in [6.45, 7) is 2.53. The molecule has 1 aliphatic rings. The summed E-state index contributed by atoms with van der Waals surface area (Å²) in [5.74, 6) is -0.862. The molecule has 114 valence electrons. The van der Waals surface area contributed by atoms with Gasteiger partial charge >= 0.3 is 12.0 Å². The van der Waals surface area contributed by atoms with Crippen molar-refractivity contribution in [1.82, 2.24) is 4.90 Å². The lowest BCUT2D eigenvalue weighted by Gasteiger charge is -2.35. The summed E-state index contributed by atoms with van der Waals surface area (Å²) in [7, 11) is 0. The van der Waals surface area contributed by atoms with Crippen LogP contribution < -0.4 is 5.32 Å². The van der Waals surface area contributed by atoms with Crippen LogP contribution >= 0.6 is 15.9 Å². The first-order valence-corrected chi connectivity index (χ1v) is 7.82. The van der Waals surface area contributed by atoms with Crippen LogP contribution in [0.25, 0.3) is 0 Å². The molecule has 2 rings (SSSR count). The summed E-state index contributed by atoms with van der Waals surface area (Å²) in [6.07, 6.45) is 2.65. The number of hydrogen-bond donors (Lipinski definition) is 2. The molecule has 1 fully saturated rings. The molecule has 1 aliphatic heterocycles. The molecule has 6 heteroatoms. The molecule has 21 heavy (non-hydrogen) atoms. The molecule has 1 saturated heterocycles. The molecule has 0 aromatic heterocycles. The van der Waals surface area contributed by atoms with E-state index in [0.29, 0.717) is 6.54 Å². The highest BCUT2D eigenvalue weighted by molar-refractivity contribution is 9.10. The summed E-state index contributed by atoms with van der Waals surface area (Å²) in [5.41, 5.74) is 1.72. The number of carbonyl (C=O) groups is 2. The number of aryl methyl sites for hydroxylation is 1. The van der Waals surface area contributed by atoms with Crippen molar-refractivity contribution in [3.8, 4) is 0 Å². The molecule has 2 amide bonds. The quantitative estimate of drug-likeness (QED) is 0.870. The molecule has 0 bridgehead atoms. The van der Waals surface area contributed by atoms with Crippen molar-refractivity contribution in [3.63, 3.8) is 0 Å². The summed E-state index contributed by atoms with van der Waals surface area (Å²) in [6, 6.07) is 5.21. The second-order valence-corrected chi connectivity index (χ2v) is 6.25. The Morgan fingerprint density at radius 2 is 2.19 bits per heavy atom.